The summed E-state index contributed by atoms with van der Waals surface area (Å²) in [5, 5.41) is 1.12. The predicted octanol–water partition coefficient (Wildman–Crippen LogP) is 6.53. The quantitative estimate of drug-likeness (QED) is 0.401. The second-order valence-electron chi connectivity index (χ2n) is 5.18. The zero-order chi connectivity index (χ0) is 14.9. The number of hydrogen-bond donors (Lipinski definition) is 0. The van der Waals surface area contributed by atoms with Crippen LogP contribution in [0.4, 0.5) is 0 Å². The van der Waals surface area contributed by atoms with E-state index in [1.165, 1.54) is 5.56 Å². The molecule has 1 nitrogen and oxygen atoms in total. The van der Waals surface area contributed by atoms with Crippen LogP contribution in [0.15, 0.2) is 87.8 Å². The monoisotopic (exact) mass is 348 g/mol. The van der Waals surface area contributed by atoms with Gasteiger partial charge in [0.25, 0.3) is 0 Å². The van der Waals surface area contributed by atoms with Crippen LogP contribution < -0.4 is 0 Å². The summed E-state index contributed by atoms with van der Waals surface area (Å²) in [6.45, 7) is 0. The number of halogens is 1. The molecule has 0 radical (unpaired) electrons. The molecule has 0 bridgehead atoms. The van der Waals surface area contributed by atoms with E-state index in [0.29, 0.717) is 0 Å². The summed E-state index contributed by atoms with van der Waals surface area (Å²) in [4.78, 5) is 0. The zero-order valence-corrected chi connectivity index (χ0v) is 13.4. The molecule has 0 fully saturated rings. The Bertz CT molecular complexity index is 924. The van der Waals surface area contributed by atoms with E-state index in [1.807, 2.05) is 36.4 Å². The van der Waals surface area contributed by atoms with Crippen LogP contribution >= 0.6 is 15.9 Å². The minimum absolute atomic E-state index is 0.904. The molecule has 22 heavy (non-hydrogen) atoms. The highest BCUT2D eigenvalue weighted by Crippen LogP contribution is 2.41. The van der Waals surface area contributed by atoms with E-state index in [0.717, 1.165) is 32.3 Å². The van der Waals surface area contributed by atoms with Gasteiger partial charge >= 0.3 is 0 Å². The van der Waals surface area contributed by atoms with Crippen LogP contribution in [0.1, 0.15) is 0 Å². The van der Waals surface area contributed by atoms with Crippen LogP contribution in [0.25, 0.3) is 33.4 Å². The average molecular weight is 349 g/mol. The number of fused-ring (bicyclic) bond motifs is 1. The van der Waals surface area contributed by atoms with E-state index in [9.17, 15) is 0 Å². The van der Waals surface area contributed by atoms with Crippen LogP contribution in [0.2, 0.25) is 0 Å². The van der Waals surface area contributed by atoms with Crippen molar-refractivity contribution in [1.82, 2.24) is 0 Å². The van der Waals surface area contributed by atoms with Crippen molar-refractivity contribution in [3.8, 4) is 22.5 Å². The van der Waals surface area contributed by atoms with Crippen LogP contribution in [0.5, 0.6) is 0 Å². The fourth-order valence-electron chi connectivity index (χ4n) is 2.75. The lowest BCUT2D eigenvalue weighted by Crippen LogP contribution is -1.80. The molecule has 2 heteroatoms. The molecule has 0 spiro atoms. The first-order valence-corrected chi connectivity index (χ1v) is 7.95. The van der Waals surface area contributed by atoms with Gasteiger partial charge in [0.2, 0.25) is 0 Å². The summed E-state index contributed by atoms with van der Waals surface area (Å²) in [5.41, 5.74) is 4.30. The normalized spacial score (nSPS) is 11.0. The fourth-order valence-corrected chi connectivity index (χ4v) is 3.12. The lowest BCUT2D eigenvalue weighted by Gasteiger charge is -2.04. The second kappa shape index (κ2) is 5.47. The molecule has 1 aromatic heterocycles. The summed E-state index contributed by atoms with van der Waals surface area (Å²) in [7, 11) is 0. The lowest BCUT2D eigenvalue weighted by atomic mass is 9.99. The Morgan fingerprint density at radius 3 is 2.00 bits per heavy atom. The molecule has 0 aliphatic heterocycles. The van der Waals surface area contributed by atoms with Gasteiger partial charge in [-0.3, -0.25) is 0 Å². The molecule has 4 rings (SSSR count). The third kappa shape index (κ3) is 2.26. The standard InChI is InChI=1S/C20H13BrO/c21-16-11-12-18-17(13-16)19(14-7-3-1-4-8-14)20(22-18)15-9-5-2-6-10-15/h1-13H. The van der Waals surface area contributed by atoms with Crippen LogP contribution in [0, 0.1) is 0 Å². The van der Waals surface area contributed by atoms with E-state index in [1.54, 1.807) is 0 Å². The number of benzene rings is 3. The van der Waals surface area contributed by atoms with Crippen molar-refractivity contribution >= 4 is 26.9 Å². The van der Waals surface area contributed by atoms with Gasteiger partial charge in [0.15, 0.2) is 0 Å². The first kappa shape index (κ1) is 13.4. The van der Waals surface area contributed by atoms with Crippen molar-refractivity contribution in [3.05, 3.63) is 83.3 Å². The van der Waals surface area contributed by atoms with Gasteiger partial charge in [-0.1, -0.05) is 76.6 Å². The number of furan rings is 1. The topological polar surface area (TPSA) is 13.1 Å². The van der Waals surface area contributed by atoms with Gasteiger partial charge in [-0.2, -0.15) is 0 Å². The summed E-state index contributed by atoms with van der Waals surface area (Å²) >= 11 is 3.56. The fraction of sp³-hybridized carbons (Fsp3) is 0. The molecule has 0 N–H and O–H groups in total. The molecule has 1 heterocycles. The summed E-state index contributed by atoms with van der Waals surface area (Å²) in [6.07, 6.45) is 0. The summed E-state index contributed by atoms with van der Waals surface area (Å²) in [6, 6.07) is 26.8. The number of hydrogen-bond acceptors (Lipinski definition) is 1. The van der Waals surface area contributed by atoms with Gasteiger partial charge in [0, 0.05) is 21.0 Å². The highest BCUT2D eigenvalue weighted by atomic mass is 79.9. The van der Waals surface area contributed by atoms with Crippen LogP contribution in [-0.2, 0) is 0 Å². The number of rotatable bonds is 2. The molecular formula is C20H13BrO. The van der Waals surface area contributed by atoms with Crippen molar-refractivity contribution in [2.45, 2.75) is 0 Å². The van der Waals surface area contributed by atoms with Crippen molar-refractivity contribution in [1.29, 1.82) is 0 Å². The minimum atomic E-state index is 0.904. The molecule has 0 atom stereocenters. The van der Waals surface area contributed by atoms with Crippen LogP contribution in [-0.4, -0.2) is 0 Å². The molecule has 4 aromatic rings. The zero-order valence-electron chi connectivity index (χ0n) is 11.8. The molecule has 0 amide bonds. The molecule has 0 saturated carbocycles. The Hall–Kier alpha value is -2.32. The molecule has 0 aliphatic rings. The summed E-state index contributed by atoms with van der Waals surface area (Å²) in [5.74, 6) is 0.917. The Balaban J connectivity index is 2.08. The smallest absolute Gasteiger partial charge is 0.143 e. The van der Waals surface area contributed by atoms with Gasteiger partial charge in [-0.15, -0.1) is 0 Å². The maximum atomic E-state index is 6.17. The molecular weight excluding hydrogens is 336 g/mol. The van der Waals surface area contributed by atoms with E-state index >= 15 is 0 Å². The van der Waals surface area contributed by atoms with Crippen molar-refractivity contribution in [2.24, 2.45) is 0 Å². The minimum Gasteiger partial charge on any atom is -0.455 e. The third-order valence-electron chi connectivity index (χ3n) is 3.75. The Morgan fingerprint density at radius 2 is 1.32 bits per heavy atom. The molecule has 106 valence electrons. The lowest BCUT2D eigenvalue weighted by molar-refractivity contribution is 0.632. The van der Waals surface area contributed by atoms with Crippen LogP contribution in [0.3, 0.4) is 0 Å². The van der Waals surface area contributed by atoms with Crippen molar-refractivity contribution < 1.29 is 4.42 Å². The Morgan fingerprint density at radius 1 is 0.682 bits per heavy atom. The maximum absolute atomic E-state index is 6.17. The SMILES string of the molecule is Brc1ccc2oc(-c3ccccc3)c(-c3ccccc3)c2c1. The maximum Gasteiger partial charge on any atom is 0.143 e. The average Bonchev–Trinajstić information content (AvgIpc) is 2.95. The van der Waals surface area contributed by atoms with Gasteiger partial charge in [-0.05, 0) is 23.8 Å². The van der Waals surface area contributed by atoms with Gasteiger partial charge in [0.05, 0.1) is 0 Å². The summed E-state index contributed by atoms with van der Waals surface area (Å²) < 4.78 is 7.23. The first-order chi connectivity index (χ1) is 10.8. The van der Waals surface area contributed by atoms with Crippen molar-refractivity contribution in [2.75, 3.05) is 0 Å². The Labute approximate surface area is 137 Å². The highest BCUT2D eigenvalue weighted by Gasteiger charge is 2.17. The van der Waals surface area contributed by atoms with Gasteiger partial charge < -0.3 is 4.42 Å². The Kier molecular flexibility index (Phi) is 3.32. The van der Waals surface area contributed by atoms with E-state index in [2.05, 4.69) is 58.4 Å². The third-order valence-corrected chi connectivity index (χ3v) is 4.24. The largest absolute Gasteiger partial charge is 0.455 e. The van der Waals surface area contributed by atoms with E-state index < -0.39 is 0 Å². The van der Waals surface area contributed by atoms with E-state index in [-0.39, 0.29) is 0 Å². The van der Waals surface area contributed by atoms with Gasteiger partial charge in [-0.25, -0.2) is 0 Å². The highest BCUT2D eigenvalue weighted by molar-refractivity contribution is 9.10. The molecule has 3 aromatic carbocycles. The predicted molar refractivity (Wildman–Crippen MR) is 94.8 cm³/mol. The van der Waals surface area contributed by atoms with Gasteiger partial charge in [0.1, 0.15) is 11.3 Å². The molecule has 0 aliphatic carbocycles. The van der Waals surface area contributed by atoms with E-state index in [4.69, 9.17) is 4.42 Å². The first-order valence-electron chi connectivity index (χ1n) is 7.16. The molecule has 0 unspecified atom stereocenters. The molecule has 0 saturated heterocycles. The van der Waals surface area contributed by atoms with Crippen molar-refractivity contribution in [3.63, 3.8) is 0 Å². The second-order valence-corrected chi connectivity index (χ2v) is 6.09.